The first kappa shape index (κ1) is 61.3. The highest BCUT2D eigenvalue weighted by atomic mass is 127. The topological polar surface area (TPSA) is 85.1 Å². The molecule has 2 aliphatic rings. The lowest BCUT2D eigenvalue weighted by molar-refractivity contribution is 0.183. The highest BCUT2D eigenvalue weighted by molar-refractivity contribution is 14.0. The summed E-state index contributed by atoms with van der Waals surface area (Å²) in [6, 6.07) is 36.5. The molecule has 412 valence electrons. The lowest BCUT2D eigenvalue weighted by atomic mass is 10.0. The number of halogens is 2. The van der Waals surface area contributed by atoms with E-state index in [0.29, 0.717) is 0 Å². The predicted octanol–water partition coefficient (Wildman–Crippen LogP) is 21.4. The predicted molar refractivity (Wildman–Crippen MR) is 350 cm³/mol. The Hall–Kier alpha value is -4.88. The summed E-state index contributed by atoms with van der Waals surface area (Å²) < 4.78 is 21.2. The minimum Gasteiger partial charge on any atom is -0.490 e. The van der Waals surface area contributed by atoms with Gasteiger partial charge in [0.2, 0.25) is 0 Å². The molecule has 77 heavy (non-hydrogen) atoms. The number of aromatic amines is 2. The third-order valence-corrected chi connectivity index (χ3v) is 15.2. The van der Waals surface area contributed by atoms with Crippen LogP contribution < -0.4 is 14.2 Å². The summed E-state index contributed by atoms with van der Waals surface area (Å²) in [7, 11) is 0. The maximum atomic E-state index is 7.11. The standard InChI is InChI=1S/C68H86N4O3.2HI/c1-7-13-16-19-22-31-51(10-4)73-63-37-28-25-34-54(63)66-57-42-40-49(69-57)48-50-41-43-58(70-50)67(55-35-26-29-38-64(55)74-52(11-5)32-23-20-17-14-8-2)60-45-47-62(72-60)68(61-46-44-59(66)71-61)56-36-27-30-39-65(56)75-53(12-6)33-24-21-18-15-9-3;;/h25-30,34-48,51-53,69,72H,7-24,31-33H2,1-6H3;2*1H. The zero-order chi connectivity index (χ0) is 52.2. The molecule has 3 aromatic heterocycles. The van der Waals surface area contributed by atoms with Gasteiger partial charge >= 0.3 is 0 Å². The third kappa shape index (κ3) is 16.6. The quantitative estimate of drug-likeness (QED) is 0.0346. The van der Waals surface area contributed by atoms with Crippen molar-refractivity contribution in [3.63, 3.8) is 0 Å². The molecule has 0 aliphatic carbocycles. The molecule has 7 nitrogen and oxygen atoms in total. The van der Waals surface area contributed by atoms with Crippen molar-refractivity contribution in [2.24, 2.45) is 0 Å². The van der Waals surface area contributed by atoms with E-state index in [1.807, 2.05) is 0 Å². The van der Waals surface area contributed by atoms with E-state index in [4.69, 9.17) is 24.2 Å². The van der Waals surface area contributed by atoms with E-state index < -0.39 is 0 Å². The van der Waals surface area contributed by atoms with Gasteiger partial charge in [0.25, 0.3) is 0 Å². The molecule has 8 bridgehead atoms. The van der Waals surface area contributed by atoms with E-state index in [1.54, 1.807) is 0 Å². The summed E-state index contributed by atoms with van der Waals surface area (Å²) in [6.07, 6.45) is 33.5. The molecule has 3 atom stereocenters. The summed E-state index contributed by atoms with van der Waals surface area (Å²) in [4.78, 5) is 18.9. The number of nitrogens with one attached hydrogen (secondary N) is 2. The normalized spacial score (nSPS) is 12.9. The largest absolute Gasteiger partial charge is 0.490 e. The summed E-state index contributed by atoms with van der Waals surface area (Å²) in [5.41, 5.74) is 13.2. The molecule has 3 aromatic carbocycles. The first-order valence-corrected chi connectivity index (χ1v) is 29.4. The second kappa shape index (κ2) is 32.3. The van der Waals surface area contributed by atoms with Crippen molar-refractivity contribution in [2.45, 2.75) is 195 Å². The Morgan fingerprint density at radius 3 is 1.13 bits per heavy atom. The van der Waals surface area contributed by atoms with E-state index in [1.165, 1.54) is 89.9 Å². The molecule has 8 rings (SSSR count). The van der Waals surface area contributed by atoms with Crippen LogP contribution in [0.25, 0.3) is 79.8 Å². The van der Waals surface area contributed by atoms with Crippen LogP contribution in [-0.4, -0.2) is 38.2 Å². The van der Waals surface area contributed by atoms with Crippen LogP contribution >= 0.6 is 48.0 Å². The summed E-state index contributed by atoms with van der Waals surface area (Å²) in [5, 5.41) is 0. The van der Waals surface area contributed by atoms with E-state index >= 15 is 0 Å². The molecule has 9 heteroatoms. The van der Waals surface area contributed by atoms with Crippen LogP contribution in [-0.2, 0) is 0 Å². The molecule has 0 spiro atoms. The van der Waals surface area contributed by atoms with E-state index in [0.717, 1.165) is 140 Å². The maximum Gasteiger partial charge on any atom is 0.127 e. The fourth-order valence-corrected chi connectivity index (χ4v) is 10.8. The summed E-state index contributed by atoms with van der Waals surface area (Å²) in [6.45, 7) is 13.6. The first-order chi connectivity index (χ1) is 36.9. The van der Waals surface area contributed by atoms with Crippen LogP contribution in [0.15, 0.2) is 103 Å². The van der Waals surface area contributed by atoms with Crippen LogP contribution in [0.2, 0.25) is 0 Å². The van der Waals surface area contributed by atoms with Crippen molar-refractivity contribution in [1.82, 2.24) is 19.9 Å². The smallest absolute Gasteiger partial charge is 0.127 e. The molecule has 5 heterocycles. The number of benzene rings is 3. The number of para-hydroxylation sites is 3. The van der Waals surface area contributed by atoms with Gasteiger partial charge in [0.15, 0.2) is 0 Å². The van der Waals surface area contributed by atoms with Gasteiger partial charge in [-0.3, -0.25) is 0 Å². The molecule has 0 radical (unpaired) electrons. The minimum atomic E-state index is 0. The van der Waals surface area contributed by atoms with Crippen molar-refractivity contribution in [1.29, 1.82) is 0 Å². The van der Waals surface area contributed by atoms with Crippen molar-refractivity contribution in [3.8, 4) is 50.6 Å². The van der Waals surface area contributed by atoms with Gasteiger partial charge in [-0.2, -0.15) is 0 Å². The first-order valence-electron chi connectivity index (χ1n) is 29.4. The van der Waals surface area contributed by atoms with Crippen LogP contribution in [0.5, 0.6) is 17.2 Å². The zero-order valence-corrected chi connectivity index (χ0v) is 51.8. The number of unbranched alkanes of at least 4 members (excludes halogenated alkanes) is 12. The van der Waals surface area contributed by atoms with Crippen LogP contribution in [0, 0.1) is 0 Å². The Labute approximate surface area is 496 Å². The molecule has 2 aliphatic heterocycles. The Kier molecular flexibility index (Phi) is 25.7. The van der Waals surface area contributed by atoms with Gasteiger partial charge in [0.05, 0.1) is 41.1 Å². The molecule has 0 fully saturated rings. The van der Waals surface area contributed by atoms with Crippen molar-refractivity contribution >= 4 is 94.3 Å². The number of H-pyrrole nitrogens is 2. The van der Waals surface area contributed by atoms with Crippen LogP contribution in [0.4, 0.5) is 0 Å². The van der Waals surface area contributed by atoms with Gasteiger partial charge in [-0.1, -0.05) is 173 Å². The molecule has 0 saturated heterocycles. The Bertz CT molecular complexity index is 2920. The van der Waals surface area contributed by atoms with Crippen LogP contribution in [0.1, 0.15) is 199 Å². The minimum absolute atomic E-state index is 0. The van der Waals surface area contributed by atoms with E-state index in [-0.39, 0.29) is 66.3 Å². The number of hydrogen-bond donors (Lipinski definition) is 2. The SMILES string of the molecule is CCCCCCCC(CC)Oc1ccccc1-c1c2nc(c(-c3ccccc3OC(CC)CCCCCCC)c3ccc([nH]3)c(-c3ccccc3OC(CC)CCCCCCC)c3nc(cc4ccc1[nH]4)C=C3)C=C2.I.I. The summed E-state index contributed by atoms with van der Waals surface area (Å²) in [5.74, 6) is 2.61. The van der Waals surface area contributed by atoms with Gasteiger partial charge in [0, 0.05) is 55.4 Å². The highest BCUT2D eigenvalue weighted by Crippen LogP contribution is 2.43. The van der Waals surface area contributed by atoms with Gasteiger partial charge in [-0.05, 0) is 131 Å². The van der Waals surface area contributed by atoms with Crippen LogP contribution in [0.3, 0.4) is 0 Å². The average molecular weight is 1260 g/mol. The van der Waals surface area contributed by atoms with Gasteiger partial charge in [-0.15, -0.1) is 48.0 Å². The average Bonchev–Trinajstić information content (AvgIpc) is 4.32. The summed E-state index contributed by atoms with van der Waals surface area (Å²) >= 11 is 0. The number of hydrogen-bond acceptors (Lipinski definition) is 5. The number of rotatable bonds is 30. The van der Waals surface area contributed by atoms with E-state index in [9.17, 15) is 0 Å². The molecular weight excluding hydrogens is 1170 g/mol. The van der Waals surface area contributed by atoms with Gasteiger partial charge in [-0.25, -0.2) is 9.97 Å². The highest BCUT2D eigenvalue weighted by Gasteiger charge is 2.23. The Balaban J connectivity index is 0.00000480. The molecule has 6 aromatic rings. The number of aromatic nitrogens is 4. The Morgan fingerprint density at radius 2 is 0.727 bits per heavy atom. The molecular formula is C68H88I2N4O3. The van der Waals surface area contributed by atoms with Gasteiger partial charge < -0.3 is 24.2 Å². The number of fused-ring (bicyclic) bond motifs is 8. The molecule has 0 saturated carbocycles. The Morgan fingerprint density at radius 1 is 0.377 bits per heavy atom. The lowest BCUT2D eigenvalue weighted by Crippen LogP contribution is -2.15. The third-order valence-electron chi connectivity index (χ3n) is 15.2. The molecule has 0 amide bonds. The fourth-order valence-electron chi connectivity index (χ4n) is 10.8. The number of ether oxygens (including phenoxy) is 3. The molecule has 2 N–H and O–H groups in total. The number of nitrogens with zero attached hydrogens (tertiary/aromatic N) is 2. The maximum absolute atomic E-state index is 7.11. The van der Waals surface area contributed by atoms with Crippen molar-refractivity contribution in [2.75, 3.05) is 0 Å². The molecule has 3 unspecified atom stereocenters. The second-order valence-electron chi connectivity index (χ2n) is 20.9. The fraction of sp³-hybridized carbons (Fsp3) is 0.441. The zero-order valence-electron chi connectivity index (χ0n) is 47.1. The van der Waals surface area contributed by atoms with Gasteiger partial charge in [0.1, 0.15) is 17.2 Å². The lowest BCUT2D eigenvalue weighted by Gasteiger charge is -2.21. The second-order valence-corrected chi connectivity index (χ2v) is 20.9. The monoisotopic (exact) mass is 1260 g/mol. The van der Waals surface area contributed by atoms with Crippen molar-refractivity contribution in [3.05, 3.63) is 126 Å². The van der Waals surface area contributed by atoms with E-state index in [2.05, 4.69) is 179 Å². The van der Waals surface area contributed by atoms with Crippen molar-refractivity contribution < 1.29 is 14.2 Å².